The maximum atomic E-state index is 12.0. The minimum absolute atomic E-state index is 0.0396. The smallest absolute Gasteiger partial charge is 0.336 e. The maximum absolute atomic E-state index is 12.0. The van der Waals surface area contributed by atoms with E-state index in [1.54, 1.807) is 19.1 Å². The number of rotatable bonds is 4. The molecule has 1 fully saturated rings. The van der Waals surface area contributed by atoms with Crippen LogP contribution in [0.15, 0.2) is 27.4 Å². The highest BCUT2D eigenvalue weighted by Crippen LogP contribution is 2.29. The van der Waals surface area contributed by atoms with E-state index in [0.29, 0.717) is 34.4 Å². The molecule has 0 aliphatic heterocycles. The molecule has 0 saturated heterocycles. The van der Waals surface area contributed by atoms with Gasteiger partial charge < -0.3 is 14.3 Å². The second-order valence-electron chi connectivity index (χ2n) is 6.19. The second-order valence-corrected chi connectivity index (χ2v) is 6.19. The Morgan fingerprint density at radius 3 is 2.83 bits per heavy atom. The summed E-state index contributed by atoms with van der Waals surface area (Å²) < 4.78 is 10.5. The Hall–Kier alpha value is -2.30. The highest BCUT2D eigenvalue weighted by molar-refractivity contribution is 5.85. The second kappa shape index (κ2) is 6.44. The standard InChI is InChI=1S/C18H20O5/c1-11-15(19)7-6-14-13(9-17(21)23-18(11)14)10-22-16(20)8-12-4-2-3-5-12/h6-7,9,12,19H,2-5,8,10H2,1H3. The number of benzene rings is 1. The van der Waals surface area contributed by atoms with Crippen molar-refractivity contribution in [2.24, 2.45) is 5.92 Å². The van der Waals surface area contributed by atoms with E-state index < -0.39 is 5.63 Å². The fourth-order valence-electron chi connectivity index (χ4n) is 3.20. The van der Waals surface area contributed by atoms with Crippen LogP contribution in [0.3, 0.4) is 0 Å². The minimum atomic E-state index is -0.520. The van der Waals surface area contributed by atoms with Crippen LogP contribution in [-0.4, -0.2) is 11.1 Å². The highest BCUT2D eigenvalue weighted by Gasteiger charge is 2.19. The van der Waals surface area contributed by atoms with Gasteiger partial charge in [0, 0.05) is 29.0 Å². The third-order valence-electron chi connectivity index (χ3n) is 4.54. The van der Waals surface area contributed by atoms with E-state index in [2.05, 4.69) is 0 Å². The molecule has 1 heterocycles. The van der Waals surface area contributed by atoms with Crippen LogP contribution in [0.4, 0.5) is 0 Å². The van der Waals surface area contributed by atoms with E-state index >= 15 is 0 Å². The van der Waals surface area contributed by atoms with Crippen LogP contribution in [-0.2, 0) is 16.1 Å². The van der Waals surface area contributed by atoms with Crippen molar-refractivity contribution in [1.82, 2.24) is 0 Å². The molecule has 1 aromatic heterocycles. The normalized spacial score (nSPS) is 15.2. The summed E-state index contributed by atoms with van der Waals surface area (Å²) in [5, 5.41) is 10.4. The van der Waals surface area contributed by atoms with Gasteiger partial charge in [0.05, 0.1) is 0 Å². The summed E-state index contributed by atoms with van der Waals surface area (Å²) in [6, 6.07) is 4.55. The van der Waals surface area contributed by atoms with Crippen molar-refractivity contribution in [3.63, 3.8) is 0 Å². The van der Waals surface area contributed by atoms with Crippen LogP contribution in [0.5, 0.6) is 5.75 Å². The highest BCUT2D eigenvalue weighted by atomic mass is 16.5. The SMILES string of the molecule is Cc1c(O)ccc2c(COC(=O)CC3CCCC3)cc(=O)oc12. The van der Waals surface area contributed by atoms with Crippen LogP contribution >= 0.6 is 0 Å². The van der Waals surface area contributed by atoms with E-state index in [4.69, 9.17) is 9.15 Å². The Morgan fingerprint density at radius 2 is 2.09 bits per heavy atom. The fourth-order valence-corrected chi connectivity index (χ4v) is 3.20. The molecular formula is C18H20O5. The Kier molecular flexibility index (Phi) is 4.37. The molecule has 2 aromatic rings. The molecule has 122 valence electrons. The molecule has 1 aromatic carbocycles. The Morgan fingerprint density at radius 1 is 1.35 bits per heavy atom. The summed E-state index contributed by atoms with van der Waals surface area (Å²) in [4.78, 5) is 23.7. The monoisotopic (exact) mass is 316 g/mol. The molecule has 0 spiro atoms. The Labute approximate surface area is 133 Å². The number of carbonyl (C=O) groups is 1. The zero-order valence-electron chi connectivity index (χ0n) is 13.1. The number of hydrogen-bond acceptors (Lipinski definition) is 5. The number of aryl methyl sites for hydroxylation is 1. The first-order valence-electron chi connectivity index (χ1n) is 7.95. The lowest BCUT2D eigenvalue weighted by molar-refractivity contribution is -0.146. The summed E-state index contributed by atoms with van der Waals surface area (Å²) >= 11 is 0. The molecule has 1 aliphatic rings. The van der Waals surface area contributed by atoms with Crippen molar-refractivity contribution >= 4 is 16.9 Å². The molecule has 0 radical (unpaired) electrons. The average molecular weight is 316 g/mol. The lowest BCUT2D eigenvalue weighted by atomic mass is 10.0. The van der Waals surface area contributed by atoms with Crippen molar-refractivity contribution in [2.75, 3.05) is 0 Å². The van der Waals surface area contributed by atoms with Crippen LogP contribution in [0.1, 0.15) is 43.2 Å². The van der Waals surface area contributed by atoms with Crippen LogP contribution in [0, 0.1) is 12.8 Å². The van der Waals surface area contributed by atoms with E-state index in [9.17, 15) is 14.7 Å². The van der Waals surface area contributed by atoms with Crippen molar-refractivity contribution in [2.45, 2.75) is 45.6 Å². The topological polar surface area (TPSA) is 76.7 Å². The first-order valence-corrected chi connectivity index (χ1v) is 7.95. The molecule has 23 heavy (non-hydrogen) atoms. The molecule has 0 bridgehead atoms. The van der Waals surface area contributed by atoms with Gasteiger partial charge in [-0.15, -0.1) is 0 Å². The Balaban J connectivity index is 1.78. The zero-order chi connectivity index (χ0) is 16.4. The minimum Gasteiger partial charge on any atom is -0.508 e. The third kappa shape index (κ3) is 3.38. The number of hydrogen-bond donors (Lipinski definition) is 1. The first-order chi connectivity index (χ1) is 11.0. The number of fused-ring (bicyclic) bond motifs is 1. The van der Waals surface area contributed by atoms with Gasteiger partial charge in [-0.1, -0.05) is 12.8 Å². The van der Waals surface area contributed by atoms with Gasteiger partial charge in [-0.05, 0) is 37.8 Å². The number of esters is 1. The van der Waals surface area contributed by atoms with Gasteiger partial charge in [-0.3, -0.25) is 4.79 Å². The van der Waals surface area contributed by atoms with Gasteiger partial charge in [0.2, 0.25) is 0 Å². The van der Waals surface area contributed by atoms with Gasteiger partial charge in [0.25, 0.3) is 0 Å². The summed E-state index contributed by atoms with van der Waals surface area (Å²) in [5.74, 6) is 0.268. The summed E-state index contributed by atoms with van der Waals surface area (Å²) in [6.45, 7) is 1.72. The number of carbonyl (C=O) groups excluding carboxylic acids is 1. The van der Waals surface area contributed by atoms with E-state index in [-0.39, 0.29) is 18.3 Å². The summed E-state index contributed by atoms with van der Waals surface area (Å²) in [5.41, 5.74) is 0.908. The zero-order valence-corrected chi connectivity index (χ0v) is 13.1. The van der Waals surface area contributed by atoms with E-state index in [0.717, 1.165) is 12.8 Å². The number of phenolic OH excluding ortho intramolecular Hbond substituents is 1. The molecule has 5 nitrogen and oxygen atoms in total. The number of phenols is 1. The molecule has 1 N–H and O–H groups in total. The molecule has 0 atom stereocenters. The van der Waals surface area contributed by atoms with Crippen LogP contribution in [0.2, 0.25) is 0 Å². The molecule has 0 amide bonds. The predicted octanol–water partition coefficient (Wildman–Crippen LogP) is 3.43. The number of ether oxygens (including phenoxy) is 1. The van der Waals surface area contributed by atoms with Gasteiger partial charge >= 0.3 is 11.6 Å². The molecule has 5 heteroatoms. The van der Waals surface area contributed by atoms with Crippen LogP contribution < -0.4 is 5.63 Å². The van der Waals surface area contributed by atoms with Crippen molar-refractivity contribution in [1.29, 1.82) is 0 Å². The molecule has 1 saturated carbocycles. The van der Waals surface area contributed by atoms with Gasteiger partial charge in [0.15, 0.2) is 0 Å². The first kappa shape index (κ1) is 15.6. The number of aromatic hydroxyl groups is 1. The van der Waals surface area contributed by atoms with Crippen LogP contribution in [0.25, 0.3) is 11.0 Å². The lowest BCUT2D eigenvalue weighted by Crippen LogP contribution is -2.11. The van der Waals surface area contributed by atoms with E-state index in [1.165, 1.54) is 18.9 Å². The lowest BCUT2D eigenvalue weighted by Gasteiger charge is -2.11. The maximum Gasteiger partial charge on any atom is 0.336 e. The van der Waals surface area contributed by atoms with E-state index in [1.807, 2.05) is 0 Å². The largest absolute Gasteiger partial charge is 0.508 e. The summed E-state index contributed by atoms with van der Waals surface area (Å²) in [7, 11) is 0. The summed E-state index contributed by atoms with van der Waals surface area (Å²) in [6.07, 6.45) is 4.99. The van der Waals surface area contributed by atoms with Crippen molar-refractivity contribution in [3.8, 4) is 5.75 Å². The van der Waals surface area contributed by atoms with Gasteiger partial charge in [0.1, 0.15) is 17.9 Å². The van der Waals surface area contributed by atoms with Gasteiger partial charge in [-0.25, -0.2) is 4.79 Å². The van der Waals surface area contributed by atoms with Crippen molar-refractivity contribution < 1.29 is 19.1 Å². The quantitative estimate of drug-likeness (QED) is 0.691. The van der Waals surface area contributed by atoms with Crippen molar-refractivity contribution in [3.05, 3.63) is 39.7 Å². The molecular weight excluding hydrogens is 296 g/mol. The molecule has 1 aliphatic carbocycles. The third-order valence-corrected chi connectivity index (χ3v) is 4.54. The molecule has 0 unspecified atom stereocenters. The predicted molar refractivity (Wildman–Crippen MR) is 85.3 cm³/mol. The van der Waals surface area contributed by atoms with Gasteiger partial charge in [-0.2, -0.15) is 0 Å². The average Bonchev–Trinajstić information content (AvgIpc) is 3.02. The molecule has 3 rings (SSSR count). The fraction of sp³-hybridized carbons (Fsp3) is 0.444. The Bertz CT molecular complexity index is 784.